The van der Waals surface area contributed by atoms with Crippen LogP contribution in [0.5, 0.6) is 0 Å². The summed E-state index contributed by atoms with van der Waals surface area (Å²) >= 11 is 6.23. The first-order valence-corrected chi connectivity index (χ1v) is 7.94. The van der Waals surface area contributed by atoms with E-state index in [0.717, 1.165) is 22.6 Å². The van der Waals surface area contributed by atoms with Crippen LogP contribution < -0.4 is 10.6 Å². The van der Waals surface area contributed by atoms with E-state index in [4.69, 9.17) is 16.3 Å². The molecule has 0 fully saturated rings. The van der Waals surface area contributed by atoms with Gasteiger partial charge >= 0.3 is 0 Å². The quantitative estimate of drug-likeness (QED) is 0.642. The molecule has 2 heterocycles. The monoisotopic (exact) mass is 336 g/mol. The Kier molecular flexibility index (Phi) is 4.57. The lowest BCUT2D eigenvalue weighted by molar-refractivity contribution is -0.109. The summed E-state index contributed by atoms with van der Waals surface area (Å²) < 4.78 is 19.2. The van der Waals surface area contributed by atoms with Gasteiger partial charge in [-0.25, -0.2) is 4.39 Å². The number of carbonyl (C=O) groups excluding carboxylic acids is 1. The molecule has 2 aliphatic heterocycles. The van der Waals surface area contributed by atoms with Crippen molar-refractivity contribution in [1.29, 1.82) is 0 Å². The molecule has 4 nitrogen and oxygen atoms in total. The first kappa shape index (κ1) is 15.9. The maximum atomic E-state index is 13.3. The molecular weight excluding hydrogens is 319 g/mol. The van der Waals surface area contributed by atoms with Crippen molar-refractivity contribution in [3.05, 3.63) is 57.7 Å². The minimum Gasteiger partial charge on any atom is -0.494 e. The van der Waals surface area contributed by atoms with Crippen LogP contribution in [0.15, 0.2) is 41.3 Å². The number of amides is 1. The summed E-state index contributed by atoms with van der Waals surface area (Å²) in [5.74, 6) is 0.774. The number of allylic oxidation sites excluding steroid dienone is 1. The second-order valence-electron chi connectivity index (χ2n) is 5.77. The highest BCUT2D eigenvalue weighted by molar-refractivity contribution is 6.31. The van der Waals surface area contributed by atoms with Crippen LogP contribution in [0.1, 0.15) is 24.9 Å². The molecule has 0 radical (unpaired) electrons. The van der Waals surface area contributed by atoms with Crippen molar-refractivity contribution in [2.45, 2.75) is 19.4 Å². The van der Waals surface area contributed by atoms with Gasteiger partial charge in [0.25, 0.3) is 0 Å². The van der Waals surface area contributed by atoms with E-state index in [2.05, 4.69) is 23.6 Å². The number of rotatable bonds is 5. The largest absolute Gasteiger partial charge is 0.494 e. The van der Waals surface area contributed by atoms with Gasteiger partial charge in [0, 0.05) is 40.7 Å². The molecule has 0 saturated carbocycles. The summed E-state index contributed by atoms with van der Waals surface area (Å²) in [6.07, 6.45) is 3.44. The molecule has 1 amide bonds. The van der Waals surface area contributed by atoms with Crippen LogP contribution in [0.3, 0.4) is 0 Å². The fourth-order valence-corrected chi connectivity index (χ4v) is 3.22. The van der Waals surface area contributed by atoms with Crippen LogP contribution in [0.4, 0.5) is 4.39 Å². The lowest BCUT2D eigenvalue weighted by Crippen LogP contribution is -2.28. The number of halogens is 2. The Hall–Kier alpha value is -2.01. The van der Waals surface area contributed by atoms with Crippen molar-refractivity contribution in [2.24, 2.45) is 5.92 Å². The number of dihydropyridines is 1. The summed E-state index contributed by atoms with van der Waals surface area (Å²) in [4.78, 5) is 10.4. The number of nitrogens with one attached hydrogen (secondary N) is 2. The lowest BCUT2D eigenvalue weighted by atomic mass is 9.92. The predicted octanol–water partition coefficient (Wildman–Crippen LogP) is 3.06. The average molecular weight is 337 g/mol. The fraction of sp³-hybridized carbons (Fsp3) is 0.353. The molecule has 23 heavy (non-hydrogen) atoms. The number of carbonyl (C=O) groups is 1. The number of hydrogen-bond donors (Lipinski definition) is 2. The van der Waals surface area contributed by atoms with Gasteiger partial charge in [-0.2, -0.15) is 0 Å². The van der Waals surface area contributed by atoms with Crippen molar-refractivity contribution in [3.63, 3.8) is 0 Å². The molecule has 0 spiro atoms. The molecular formula is C17H18ClFN2O2. The Morgan fingerprint density at radius 2 is 2.35 bits per heavy atom. The van der Waals surface area contributed by atoms with Crippen LogP contribution in [0, 0.1) is 11.7 Å². The zero-order valence-electron chi connectivity index (χ0n) is 12.7. The predicted molar refractivity (Wildman–Crippen MR) is 86.2 cm³/mol. The van der Waals surface area contributed by atoms with Crippen molar-refractivity contribution in [3.8, 4) is 0 Å². The van der Waals surface area contributed by atoms with Gasteiger partial charge < -0.3 is 15.4 Å². The molecule has 2 unspecified atom stereocenters. The maximum absolute atomic E-state index is 13.3. The molecule has 0 saturated heterocycles. The lowest BCUT2D eigenvalue weighted by Gasteiger charge is -2.28. The third-order valence-corrected chi connectivity index (χ3v) is 4.45. The van der Waals surface area contributed by atoms with Gasteiger partial charge in [0.1, 0.15) is 17.6 Å². The Bertz CT molecular complexity index is 687. The molecule has 122 valence electrons. The topological polar surface area (TPSA) is 50.4 Å². The number of hydrogen-bond acceptors (Lipinski definition) is 3. The van der Waals surface area contributed by atoms with Crippen LogP contribution in [0.2, 0.25) is 5.02 Å². The van der Waals surface area contributed by atoms with Crippen molar-refractivity contribution >= 4 is 18.0 Å². The Labute approximate surface area is 139 Å². The SMILES string of the molecule is CC1COC2=C1C=C(CCNC=O)NC2c1ccc(F)cc1Cl. The van der Waals surface area contributed by atoms with Gasteiger partial charge in [-0.3, -0.25) is 4.79 Å². The number of benzene rings is 1. The summed E-state index contributed by atoms with van der Waals surface area (Å²) in [5, 5.41) is 6.42. The van der Waals surface area contributed by atoms with E-state index in [1.54, 1.807) is 6.07 Å². The first-order valence-electron chi connectivity index (χ1n) is 7.56. The maximum Gasteiger partial charge on any atom is 0.207 e. The van der Waals surface area contributed by atoms with Gasteiger partial charge in [0.2, 0.25) is 6.41 Å². The molecule has 2 aliphatic rings. The zero-order valence-corrected chi connectivity index (χ0v) is 13.5. The molecule has 6 heteroatoms. The summed E-state index contributed by atoms with van der Waals surface area (Å²) in [5.41, 5.74) is 2.92. The number of ether oxygens (including phenoxy) is 1. The van der Waals surface area contributed by atoms with E-state index in [9.17, 15) is 9.18 Å². The minimum atomic E-state index is -0.365. The van der Waals surface area contributed by atoms with Crippen LogP contribution in [0.25, 0.3) is 0 Å². The third kappa shape index (κ3) is 3.20. The van der Waals surface area contributed by atoms with Gasteiger partial charge in [-0.05, 0) is 18.2 Å². The highest BCUT2D eigenvalue weighted by Crippen LogP contribution is 2.41. The molecule has 0 aliphatic carbocycles. The second-order valence-corrected chi connectivity index (χ2v) is 6.17. The van der Waals surface area contributed by atoms with Crippen molar-refractivity contribution in [1.82, 2.24) is 10.6 Å². The van der Waals surface area contributed by atoms with Crippen LogP contribution in [-0.2, 0) is 9.53 Å². The molecule has 2 N–H and O–H groups in total. The normalized spacial score (nSPS) is 22.8. The Morgan fingerprint density at radius 1 is 1.52 bits per heavy atom. The molecule has 0 aromatic heterocycles. The van der Waals surface area contributed by atoms with E-state index in [0.29, 0.717) is 36.9 Å². The van der Waals surface area contributed by atoms with Crippen molar-refractivity contribution in [2.75, 3.05) is 13.2 Å². The van der Waals surface area contributed by atoms with Gasteiger partial charge in [0.05, 0.1) is 6.61 Å². The smallest absolute Gasteiger partial charge is 0.207 e. The van der Waals surface area contributed by atoms with Gasteiger partial charge in [-0.15, -0.1) is 0 Å². The van der Waals surface area contributed by atoms with E-state index in [1.165, 1.54) is 12.1 Å². The van der Waals surface area contributed by atoms with Crippen LogP contribution >= 0.6 is 11.6 Å². The first-order chi connectivity index (χ1) is 11.1. The fourth-order valence-electron chi connectivity index (χ4n) is 2.94. The van der Waals surface area contributed by atoms with E-state index >= 15 is 0 Å². The third-order valence-electron chi connectivity index (χ3n) is 4.12. The van der Waals surface area contributed by atoms with Gasteiger partial charge in [-0.1, -0.05) is 24.6 Å². The molecule has 1 aromatic carbocycles. The highest BCUT2D eigenvalue weighted by atomic mass is 35.5. The molecule has 1 aromatic rings. The molecule has 3 rings (SSSR count). The van der Waals surface area contributed by atoms with Gasteiger partial charge in [0.15, 0.2) is 0 Å². The zero-order chi connectivity index (χ0) is 16.4. The molecule has 2 atom stereocenters. The second kappa shape index (κ2) is 6.62. The van der Waals surface area contributed by atoms with E-state index < -0.39 is 0 Å². The Morgan fingerprint density at radius 3 is 3.09 bits per heavy atom. The van der Waals surface area contributed by atoms with Crippen LogP contribution in [-0.4, -0.2) is 19.6 Å². The minimum absolute atomic E-state index is 0.237. The summed E-state index contributed by atoms with van der Waals surface area (Å²) in [6.45, 7) is 3.27. The van der Waals surface area contributed by atoms with E-state index in [1.807, 2.05) is 0 Å². The summed E-state index contributed by atoms with van der Waals surface area (Å²) in [7, 11) is 0. The van der Waals surface area contributed by atoms with E-state index in [-0.39, 0.29) is 11.9 Å². The Balaban J connectivity index is 1.92. The average Bonchev–Trinajstić information content (AvgIpc) is 2.89. The van der Waals surface area contributed by atoms with Crippen molar-refractivity contribution < 1.29 is 13.9 Å². The molecule has 0 bridgehead atoms. The highest BCUT2D eigenvalue weighted by Gasteiger charge is 2.34. The summed E-state index contributed by atoms with van der Waals surface area (Å²) in [6, 6.07) is 4.15. The standard InChI is InChI=1S/C17H18ClFN2O2/c1-10-8-23-17-14(10)7-12(4-5-20-9-22)21-16(17)13-3-2-11(19)6-15(13)18/h2-3,6-7,9-10,16,21H,4-5,8H2,1H3,(H,20,22).